The number of aliphatic carboxylic acids is 1. The number of aryl methyl sites for hydroxylation is 1. The Kier molecular flexibility index (Phi) is 3.73. The maximum absolute atomic E-state index is 10.7. The summed E-state index contributed by atoms with van der Waals surface area (Å²) in [6.07, 6.45) is 3.21. The molecule has 1 aromatic rings. The van der Waals surface area contributed by atoms with Crippen molar-refractivity contribution in [1.82, 2.24) is 10.2 Å². The van der Waals surface area contributed by atoms with E-state index in [0.29, 0.717) is 6.42 Å². The summed E-state index contributed by atoms with van der Waals surface area (Å²) in [5.74, 6) is -1.04. The number of hydrogen-bond donors (Lipinski definition) is 2. The summed E-state index contributed by atoms with van der Waals surface area (Å²) in [5, 5.41) is 15.9. The molecule has 1 heterocycles. The summed E-state index contributed by atoms with van der Waals surface area (Å²) in [6, 6.07) is 0. The second kappa shape index (κ2) is 4.68. The molecule has 0 aromatic carbocycles. The van der Waals surface area contributed by atoms with Crippen molar-refractivity contribution in [2.24, 2.45) is 5.92 Å². The van der Waals surface area contributed by atoms with Gasteiger partial charge in [0, 0.05) is 11.1 Å². The molecule has 2 N–H and O–H groups in total. The number of aromatic amines is 1. The van der Waals surface area contributed by atoms with Crippen LogP contribution in [0.1, 0.15) is 45.4 Å². The van der Waals surface area contributed by atoms with Crippen molar-refractivity contribution in [2.75, 3.05) is 0 Å². The number of hydrogen-bond acceptors (Lipinski definition) is 2. The average Bonchev–Trinajstić information content (AvgIpc) is 2.60. The Labute approximate surface area is 96.1 Å². The fourth-order valence-corrected chi connectivity index (χ4v) is 1.65. The Bertz CT molecular complexity index is 363. The molecule has 0 fully saturated rings. The normalized spacial score (nSPS) is 13.8. The fourth-order valence-electron chi connectivity index (χ4n) is 1.65. The lowest BCUT2D eigenvalue weighted by Gasteiger charge is -2.18. The van der Waals surface area contributed by atoms with E-state index in [-0.39, 0.29) is 11.3 Å². The molecule has 0 spiro atoms. The van der Waals surface area contributed by atoms with Crippen LogP contribution in [0.4, 0.5) is 0 Å². The van der Waals surface area contributed by atoms with Gasteiger partial charge < -0.3 is 5.11 Å². The first kappa shape index (κ1) is 12.7. The maximum Gasteiger partial charge on any atom is 0.306 e. The van der Waals surface area contributed by atoms with Crippen molar-refractivity contribution in [3.05, 3.63) is 17.5 Å². The molecule has 0 radical (unpaired) electrons. The summed E-state index contributed by atoms with van der Waals surface area (Å²) >= 11 is 0. The lowest BCUT2D eigenvalue weighted by atomic mass is 9.87. The van der Waals surface area contributed by atoms with Gasteiger partial charge in [-0.05, 0) is 18.4 Å². The van der Waals surface area contributed by atoms with E-state index < -0.39 is 5.97 Å². The quantitative estimate of drug-likeness (QED) is 0.825. The first-order chi connectivity index (χ1) is 7.32. The highest BCUT2D eigenvalue weighted by Crippen LogP contribution is 2.24. The van der Waals surface area contributed by atoms with Crippen LogP contribution in [0.2, 0.25) is 0 Å². The van der Waals surface area contributed by atoms with E-state index in [9.17, 15) is 4.79 Å². The van der Waals surface area contributed by atoms with Crippen LogP contribution in [0.15, 0.2) is 6.20 Å². The number of carbonyl (C=O) groups is 1. The van der Waals surface area contributed by atoms with Crippen LogP contribution < -0.4 is 0 Å². The molecule has 1 unspecified atom stereocenters. The minimum atomic E-state index is -0.735. The predicted molar refractivity (Wildman–Crippen MR) is 62.4 cm³/mol. The Balaban J connectivity index is 2.68. The Morgan fingerprint density at radius 2 is 2.19 bits per heavy atom. The van der Waals surface area contributed by atoms with Gasteiger partial charge in [-0.1, -0.05) is 27.7 Å². The van der Waals surface area contributed by atoms with E-state index in [1.165, 1.54) is 0 Å². The monoisotopic (exact) mass is 224 g/mol. The lowest BCUT2D eigenvalue weighted by Crippen LogP contribution is -2.16. The average molecular weight is 224 g/mol. The summed E-state index contributed by atoms with van der Waals surface area (Å²) in [6.45, 7) is 8.08. The molecule has 1 rings (SSSR count). The van der Waals surface area contributed by atoms with Crippen molar-refractivity contribution >= 4 is 5.97 Å². The number of carboxylic acids is 1. The largest absolute Gasteiger partial charge is 0.481 e. The van der Waals surface area contributed by atoms with Crippen molar-refractivity contribution in [3.8, 4) is 0 Å². The van der Waals surface area contributed by atoms with E-state index in [1.807, 2.05) is 0 Å². The van der Waals surface area contributed by atoms with E-state index in [0.717, 1.165) is 17.7 Å². The third-order valence-electron chi connectivity index (χ3n) is 2.74. The second-order valence-electron chi connectivity index (χ2n) is 5.30. The highest BCUT2D eigenvalue weighted by atomic mass is 16.4. The molecule has 90 valence electrons. The lowest BCUT2D eigenvalue weighted by molar-refractivity contribution is -0.141. The number of rotatable bonds is 4. The van der Waals surface area contributed by atoms with Gasteiger partial charge in [0.15, 0.2) is 0 Å². The molecular weight excluding hydrogens is 204 g/mol. The molecular formula is C12H20N2O2. The number of nitrogens with zero attached hydrogens (tertiary/aromatic N) is 1. The molecule has 0 bridgehead atoms. The number of carboxylic acid groups (broad SMARTS) is 1. The SMILES string of the molecule is CC(CCc1cn[nH]c1C(C)(C)C)C(=O)O. The molecule has 0 aliphatic carbocycles. The van der Waals surface area contributed by atoms with Crippen LogP contribution in [0.3, 0.4) is 0 Å². The van der Waals surface area contributed by atoms with Gasteiger partial charge in [-0.3, -0.25) is 9.89 Å². The predicted octanol–water partition coefficient (Wildman–Crippen LogP) is 2.36. The minimum absolute atomic E-state index is 0.0261. The van der Waals surface area contributed by atoms with Crippen molar-refractivity contribution in [3.63, 3.8) is 0 Å². The molecule has 4 nitrogen and oxygen atoms in total. The van der Waals surface area contributed by atoms with Crippen LogP contribution in [0.5, 0.6) is 0 Å². The van der Waals surface area contributed by atoms with Crippen molar-refractivity contribution in [2.45, 2.75) is 46.0 Å². The topological polar surface area (TPSA) is 66.0 Å². The number of aromatic nitrogens is 2. The minimum Gasteiger partial charge on any atom is -0.481 e. The molecule has 16 heavy (non-hydrogen) atoms. The zero-order valence-corrected chi connectivity index (χ0v) is 10.4. The summed E-state index contributed by atoms with van der Waals surface area (Å²) in [7, 11) is 0. The van der Waals surface area contributed by atoms with Gasteiger partial charge in [0.2, 0.25) is 0 Å². The van der Waals surface area contributed by atoms with E-state index in [2.05, 4.69) is 31.0 Å². The Morgan fingerprint density at radius 1 is 1.56 bits per heavy atom. The van der Waals surface area contributed by atoms with Gasteiger partial charge in [-0.15, -0.1) is 0 Å². The maximum atomic E-state index is 10.7. The van der Waals surface area contributed by atoms with Crippen LogP contribution in [0, 0.1) is 5.92 Å². The van der Waals surface area contributed by atoms with Crippen LogP contribution >= 0.6 is 0 Å². The second-order valence-corrected chi connectivity index (χ2v) is 5.30. The molecule has 0 saturated carbocycles. The summed E-state index contributed by atoms with van der Waals surface area (Å²) in [5.41, 5.74) is 2.25. The summed E-state index contributed by atoms with van der Waals surface area (Å²) in [4.78, 5) is 10.7. The third-order valence-corrected chi connectivity index (χ3v) is 2.74. The smallest absolute Gasteiger partial charge is 0.306 e. The van der Waals surface area contributed by atoms with Crippen molar-refractivity contribution in [1.29, 1.82) is 0 Å². The van der Waals surface area contributed by atoms with E-state index in [4.69, 9.17) is 5.11 Å². The van der Waals surface area contributed by atoms with Gasteiger partial charge in [0.1, 0.15) is 0 Å². The van der Waals surface area contributed by atoms with E-state index >= 15 is 0 Å². The molecule has 0 aliphatic heterocycles. The highest BCUT2D eigenvalue weighted by Gasteiger charge is 2.20. The number of nitrogens with one attached hydrogen (secondary N) is 1. The Morgan fingerprint density at radius 3 is 2.69 bits per heavy atom. The van der Waals surface area contributed by atoms with Crippen LogP contribution in [0.25, 0.3) is 0 Å². The zero-order chi connectivity index (χ0) is 12.3. The van der Waals surface area contributed by atoms with Gasteiger partial charge in [-0.2, -0.15) is 5.10 Å². The summed E-state index contributed by atoms with van der Waals surface area (Å²) < 4.78 is 0. The number of H-pyrrole nitrogens is 1. The first-order valence-electron chi connectivity index (χ1n) is 5.58. The van der Waals surface area contributed by atoms with Gasteiger partial charge >= 0.3 is 5.97 Å². The van der Waals surface area contributed by atoms with Gasteiger partial charge in [-0.25, -0.2) is 0 Å². The highest BCUT2D eigenvalue weighted by molar-refractivity contribution is 5.69. The zero-order valence-electron chi connectivity index (χ0n) is 10.4. The van der Waals surface area contributed by atoms with Gasteiger partial charge in [0.25, 0.3) is 0 Å². The molecule has 4 heteroatoms. The molecule has 0 aliphatic rings. The molecule has 1 aromatic heterocycles. The molecule has 0 amide bonds. The standard InChI is InChI=1S/C12H20N2O2/c1-8(11(15)16)5-6-9-7-13-14-10(9)12(2,3)4/h7-8H,5-6H2,1-4H3,(H,13,14)(H,15,16). The molecule has 1 atom stereocenters. The van der Waals surface area contributed by atoms with Gasteiger partial charge in [0.05, 0.1) is 12.1 Å². The molecule has 0 saturated heterocycles. The Hall–Kier alpha value is -1.32. The first-order valence-corrected chi connectivity index (χ1v) is 5.58. The van der Waals surface area contributed by atoms with Crippen LogP contribution in [-0.2, 0) is 16.6 Å². The van der Waals surface area contributed by atoms with Crippen LogP contribution in [-0.4, -0.2) is 21.3 Å². The van der Waals surface area contributed by atoms with E-state index in [1.54, 1.807) is 13.1 Å². The fraction of sp³-hybridized carbons (Fsp3) is 0.667. The van der Waals surface area contributed by atoms with Crippen molar-refractivity contribution < 1.29 is 9.90 Å². The third kappa shape index (κ3) is 3.08.